The number of nitrogens with zero attached hydrogens (tertiary/aromatic N) is 5. The second-order valence-corrected chi connectivity index (χ2v) is 42.8. The van der Waals surface area contributed by atoms with Crippen LogP contribution in [0.2, 0.25) is 13.1 Å². The maximum Gasteiger partial charge on any atom is 0.135 e. The Labute approximate surface area is 692 Å². The third-order valence-corrected chi connectivity index (χ3v) is 24.5. The predicted octanol–water partition coefficient (Wildman–Crippen LogP) is 28.0. The van der Waals surface area contributed by atoms with Crippen molar-refractivity contribution in [2.24, 2.45) is 0 Å². The lowest BCUT2D eigenvalue weighted by atomic mass is 9.73. The second kappa shape index (κ2) is 38.3. The molecule has 7 nitrogen and oxygen atoms in total. The molecule has 8 heteroatoms. The molecular formula is C106H139N5O2Si. The molecule has 0 unspecified atom stereocenters. The van der Waals surface area contributed by atoms with Crippen LogP contribution < -0.4 is 34.5 Å². The van der Waals surface area contributed by atoms with Gasteiger partial charge in [-0.25, -0.2) is 0 Å². The summed E-state index contributed by atoms with van der Waals surface area (Å²) in [5, 5.41) is 3.10. The lowest BCUT2D eigenvalue weighted by molar-refractivity contribution is 0.111. The summed E-state index contributed by atoms with van der Waals surface area (Å²) in [6.07, 6.45) is 4.24. The van der Waals surface area contributed by atoms with Crippen LogP contribution in [0.15, 0.2) is 291 Å². The SMILES string of the molecule is CC(C)(C)N(c1ccccc1)c1ccccc1.CC(C)(C)N1CCCCC1.CC(C)(C)N1c2ccccc2[Si](C)(C)c2ccccc21.CC(C)(C)Oc1c(-c2ccccc2)cccc1-c1ccccc1.CC(C)(C)Oc1ccccc1-c1ccccc1.CC1(C)c2ccccc2N(C(C)(C)C)c2ccccc21.CN(C)C(C)(C)C. The van der Waals surface area contributed by atoms with E-state index in [2.05, 4.69) is 454 Å². The van der Waals surface area contributed by atoms with Gasteiger partial charge in [-0.2, -0.15) is 0 Å². The van der Waals surface area contributed by atoms with Crippen molar-refractivity contribution >= 4 is 52.6 Å². The molecule has 0 radical (unpaired) electrons. The van der Waals surface area contributed by atoms with E-state index < -0.39 is 8.07 Å². The Balaban J connectivity index is 0.000000170. The molecule has 11 aromatic rings. The standard InChI is InChI=1S/C22H22O.C19H23N.C18H23NSi.C16H19N.C16H18O.C9H19N.C6H15N/c1-22(2,3)23-21-19(17-11-6-4-7-12-17)15-10-16-20(21)18-13-8-5-9-14-18;1-18(2,3)20-16-12-8-6-10-14(16)19(4,5)15-11-7-9-13-17(15)20;1-18(2,3)19-14-10-6-8-12-16(14)20(4,5)17-13-9-7-11-15(17)19;1-16(2,3)17(14-10-6-4-7-11-14)15-12-8-5-9-13-15;1-16(2,3)17-15-12-8-7-11-14(15)13-9-5-4-6-10-13;1-9(2,3)10-7-5-4-6-8-10;1-6(2,3)7(4)5/h4-16H,1-3H3;2*6-13H,1-5H3;4-13H,1-3H3;4-12H,1-3H3;4-8H2,1-3H3;1-5H3. The zero-order valence-electron chi connectivity index (χ0n) is 74.8. The molecule has 0 aromatic heterocycles. The van der Waals surface area contributed by atoms with E-state index in [1.807, 2.05) is 48.5 Å². The van der Waals surface area contributed by atoms with Gasteiger partial charge in [-0.3, -0.25) is 4.90 Å². The summed E-state index contributed by atoms with van der Waals surface area (Å²) < 4.78 is 12.4. The average molecular weight is 1540 g/mol. The Bertz CT molecular complexity index is 4420. The number of hydrogen-bond donors (Lipinski definition) is 0. The van der Waals surface area contributed by atoms with E-state index in [1.165, 1.54) is 94.3 Å². The Morgan fingerprint density at radius 3 is 0.965 bits per heavy atom. The molecule has 14 rings (SSSR count). The minimum atomic E-state index is -1.59. The predicted molar refractivity (Wildman–Crippen MR) is 502 cm³/mol. The van der Waals surface area contributed by atoms with Crippen LogP contribution in [-0.4, -0.2) is 84.0 Å². The van der Waals surface area contributed by atoms with Crippen LogP contribution in [-0.2, 0) is 5.41 Å². The molecule has 1 fully saturated rings. The van der Waals surface area contributed by atoms with E-state index in [1.54, 1.807) is 10.4 Å². The second-order valence-electron chi connectivity index (χ2n) is 38.5. The van der Waals surface area contributed by atoms with Crippen molar-refractivity contribution in [1.29, 1.82) is 0 Å². The van der Waals surface area contributed by atoms with Crippen molar-refractivity contribution in [1.82, 2.24) is 9.80 Å². The monoisotopic (exact) mass is 1540 g/mol. The average Bonchev–Trinajstić information content (AvgIpc) is 0.729. The van der Waals surface area contributed by atoms with E-state index in [0.717, 1.165) is 28.2 Å². The Kier molecular flexibility index (Phi) is 30.3. The first-order valence-corrected chi connectivity index (χ1v) is 44.5. The van der Waals surface area contributed by atoms with E-state index in [-0.39, 0.29) is 33.2 Å². The summed E-state index contributed by atoms with van der Waals surface area (Å²) in [6, 6.07) is 102. The topological polar surface area (TPSA) is 34.7 Å². The van der Waals surface area contributed by atoms with Crippen molar-refractivity contribution in [3.63, 3.8) is 0 Å². The molecular weight excluding hydrogens is 1400 g/mol. The number of piperidine rings is 1. The highest BCUT2D eigenvalue weighted by molar-refractivity contribution is 7.02. The molecule has 3 heterocycles. The lowest BCUT2D eigenvalue weighted by Crippen LogP contribution is -2.61. The number of para-hydroxylation sites is 8. The third kappa shape index (κ3) is 24.6. The summed E-state index contributed by atoms with van der Waals surface area (Å²) in [5.41, 5.74) is 18.2. The van der Waals surface area contributed by atoms with Gasteiger partial charge in [0, 0.05) is 83.9 Å². The molecule has 114 heavy (non-hydrogen) atoms. The zero-order chi connectivity index (χ0) is 83.7. The molecule has 604 valence electrons. The molecule has 3 aliphatic rings. The van der Waals surface area contributed by atoms with Crippen LogP contribution in [0.1, 0.15) is 190 Å². The van der Waals surface area contributed by atoms with Crippen molar-refractivity contribution in [2.75, 3.05) is 41.9 Å². The van der Waals surface area contributed by atoms with Crippen LogP contribution in [0.3, 0.4) is 0 Å². The van der Waals surface area contributed by atoms with Crippen molar-refractivity contribution < 1.29 is 9.47 Å². The summed E-state index contributed by atoms with van der Waals surface area (Å²) in [7, 11) is 2.57. The Hall–Kier alpha value is -9.44. The first kappa shape index (κ1) is 90.1. The van der Waals surface area contributed by atoms with Crippen molar-refractivity contribution in [3.05, 3.63) is 302 Å². The number of fused-ring (bicyclic) bond motifs is 4. The van der Waals surface area contributed by atoms with Gasteiger partial charge in [0.2, 0.25) is 0 Å². The molecule has 0 spiro atoms. The molecule has 0 aliphatic carbocycles. The summed E-state index contributed by atoms with van der Waals surface area (Å²) in [4.78, 5) is 12.1. The van der Waals surface area contributed by atoms with Gasteiger partial charge in [-0.15, -0.1) is 0 Å². The number of anilines is 6. The molecule has 0 saturated carbocycles. The molecule has 3 aliphatic heterocycles. The number of rotatable bonds is 7. The Morgan fingerprint density at radius 1 is 0.316 bits per heavy atom. The first-order valence-electron chi connectivity index (χ1n) is 41.5. The van der Waals surface area contributed by atoms with Crippen LogP contribution in [0.4, 0.5) is 34.1 Å². The summed E-state index contributed by atoms with van der Waals surface area (Å²) >= 11 is 0. The van der Waals surface area contributed by atoms with Gasteiger partial charge in [0.15, 0.2) is 0 Å². The molecule has 0 bridgehead atoms. The molecule has 0 atom stereocenters. The van der Waals surface area contributed by atoms with Crippen LogP contribution in [0.5, 0.6) is 11.5 Å². The van der Waals surface area contributed by atoms with Gasteiger partial charge in [-0.1, -0.05) is 270 Å². The highest BCUT2D eigenvalue weighted by Gasteiger charge is 2.42. The Morgan fingerprint density at radius 2 is 0.623 bits per heavy atom. The van der Waals surface area contributed by atoms with Crippen LogP contribution >= 0.6 is 0 Å². The van der Waals surface area contributed by atoms with Gasteiger partial charge in [0.1, 0.15) is 30.8 Å². The normalized spacial score (nSPS) is 14.2. The van der Waals surface area contributed by atoms with E-state index in [9.17, 15) is 0 Å². The van der Waals surface area contributed by atoms with Gasteiger partial charge in [-0.05, 0) is 278 Å². The molecule has 0 amide bonds. The van der Waals surface area contributed by atoms with Crippen LogP contribution in [0.25, 0.3) is 33.4 Å². The molecule has 1 saturated heterocycles. The number of hydrogen-bond acceptors (Lipinski definition) is 7. The quantitative estimate of drug-likeness (QED) is 0.147. The first-order chi connectivity index (χ1) is 53.4. The highest BCUT2D eigenvalue weighted by atomic mass is 28.3. The molecule has 0 N–H and O–H groups in total. The fraction of sp³-hybridized carbons (Fsp3) is 0.377. The number of ether oxygens (including phenoxy) is 2. The smallest absolute Gasteiger partial charge is 0.135 e. The zero-order valence-corrected chi connectivity index (χ0v) is 75.8. The van der Waals surface area contributed by atoms with Gasteiger partial charge in [0.25, 0.3) is 0 Å². The summed E-state index contributed by atoms with van der Waals surface area (Å²) in [5.74, 6) is 1.88. The minimum absolute atomic E-state index is 0.0505. The number of likely N-dealkylation sites (tertiary alicyclic amines) is 1. The van der Waals surface area contributed by atoms with E-state index >= 15 is 0 Å². The van der Waals surface area contributed by atoms with Crippen molar-refractivity contribution in [2.45, 2.75) is 236 Å². The van der Waals surface area contributed by atoms with E-state index in [0.29, 0.717) is 11.1 Å². The highest BCUT2D eigenvalue weighted by Crippen LogP contribution is 2.51. The molecule has 11 aromatic carbocycles. The van der Waals surface area contributed by atoms with Gasteiger partial charge < -0.3 is 29.1 Å². The van der Waals surface area contributed by atoms with Crippen LogP contribution in [0, 0.1) is 0 Å². The lowest BCUT2D eigenvalue weighted by Gasteiger charge is -2.47. The van der Waals surface area contributed by atoms with E-state index in [4.69, 9.17) is 9.47 Å². The largest absolute Gasteiger partial charge is 0.488 e. The maximum absolute atomic E-state index is 6.37. The van der Waals surface area contributed by atoms with Crippen molar-refractivity contribution in [3.8, 4) is 44.9 Å². The van der Waals surface area contributed by atoms with Gasteiger partial charge in [0.05, 0.1) is 0 Å². The fourth-order valence-electron chi connectivity index (χ4n) is 14.8. The third-order valence-electron chi connectivity index (χ3n) is 20.9. The summed E-state index contributed by atoms with van der Waals surface area (Å²) in [6.45, 7) is 58.5. The number of benzene rings is 11. The fourth-order valence-corrected chi connectivity index (χ4v) is 17.8. The maximum atomic E-state index is 6.37. The minimum Gasteiger partial charge on any atom is -0.488 e. The van der Waals surface area contributed by atoms with Gasteiger partial charge >= 0.3 is 0 Å².